The Hall–Kier alpha value is -3.45. The molecule has 1 heterocycles. The van der Waals surface area contributed by atoms with Crippen LogP contribution in [0.15, 0.2) is 54.7 Å². The molecule has 31 heavy (non-hydrogen) atoms. The number of hydrogen-bond acceptors (Lipinski definition) is 5. The summed E-state index contributed by atoms with van der Waals surface area (Å²) in [4.78, 5) is 24.6. The zero-order chi connectivity index (χ0) is 22.2. The number of ether oxygens (including phenoxy) is 2. The molecule has 0 saturated carbocycles. The van der Waals surface area contributed by atoms with Gasteiger partial charge in [0.1, 0.15) is 5.56 Å². The highest BCUT2D eigenvalue weighted by Crippen LogP contribution is 2.16. The largest absolute Gasteiger partial charge is 0.462 e. The molecule has 1 aromatic heterocycles. The van der Waals surface area contributed by atoms with Crippen molar-refractivity contribution in [1.29, 1.82) is 0 Å². The quantitative estimate of drug-likeness (QED) is 0.531. The Morgan fingerprint density at radius 1 is 1.00 bits per heavy atom. The van der Waals surface area contributed by atoms with Crippen molar-refractivity contribution in [3.05, 3.63) is 82.7 Å². The van der Waals surface area contributed by atoms with Gasteiger partial charge in [-0.05, 0) is 56.2 Å². The number of rotatable bonds is 9. The Kier molecular flexibility index (Phi) is 7.56. The van der Waals surface area contributed by atoms with Crippen LogP contribution in [0.4, 0.5) is 0 Å². The van der Waals surface area contributed by atoms with Gasteiger partial charge in [0.15, 0.2) is 0 Å². The third-order valence-electron chi connectivity index (χ3n) is 4.90. The highest BCUT2D eigenvalue weighted by atomic mass is 16.5. The predicted molar refractivity (Wildman–Crippen MR) is 117 cm³/mol. The van der Waals surface area contributed by atoms with E-state index in [1.165, 1.54) is 6.20 Å². The molecule has 0 aliphatic heterocycles. The maximum absolute atomic E-state index is 12.6. The van der Waals surface area contributed by atoms with Crippen LogP contribution in [0.2, 0.25) is 0 Å². The number of carbonyl (C=O) groups excluding carboxylic acids is 2. The number of carbonyl (C=O) groups is 2. The molecule has 1 amide bonds. The lowest BCUT2D eigenvalue weighted by Crippen LogP contribution is -2.23. The lowest BCUT2D eigenvalue weighted by molar-refractivity contribution is 0.0525. The second-order valence-corrected chi connectivity index (χ2v) is 6.91. The fourth-order valence-corrected chi connectivity index (χ4v) is 3.19. The van der Waals surface area contributed by atoms with E-state index in [0.29, 0.717) is 43.2 Å². The molecule has 0 spiro atoms. The molecule has 0 saturated heterocycles. The van der Waals surface area contributed by atoms with E-state index in [1.54, 1.807) is 42.8 Å². The third kappa shape index (κ3) is 5.38. The van der Waals surface area contributed by atoms with E-state index in [-0.39, 0.29) is 5.91 Å². The number of aromatic nitrogens is 2. The molecular formula is C24H27N3O4. The number of esters is 1. The van der Waals surface area contributed by atoms with Gasteiger partial charge >= 0.3 is 5.97 Å². The van der Waals surface area contributed by atoms with Crippen LogP contribution < -0.4 is 5.32 Å². The predicted octanol–water partition coefficient (Wildman–Crippen LogP) is 3.82. The fraction of sp³-hybridized carbons (Fsp3) is 0.292. The van der Waals surface area contributed by atoms with Crippen molar-refractivity contribution in [3.8, 4) is 5.69 Å². The molecule has 0 bridgehead atoms. The van der Waals surface area contributed by atoms with Gasteiger partial charge in [0, 0.05) is 18.7 Å². The van der Waals surface area contributed by atoms with Crippen molar-refractivity contribution < 1.29 is 19.1 Å². The molecule has 2 aromatic carbocycles. The minimum atomic E-state index is -0.396. The van der Waals surface area contributed by atoms with Crippen molar-refractivity contribution in [1.82, 2.24) is 15.1 Å². The zero-order valence-corrected chi connectivity index (χ0v) is 18.1. The Bertz CT molecular complexity index is 1040. The van der Waals surface area contributed by atoms with Gasteiger partial charge in [0.05, 0.1) is 30.8 Å². The number of benzene rings is 2. The van der Waals surface area contributed by atoms with E-state index >= 15 is 0 Å². The van der Waals surface area contributed by atoms with Crippen LogP contribution in [-0.2, 0) is 22.6 Å². The highest BCUT2D eigenvalue weighted by Gasteiger charge is 2.16. The summed E-state index contributed by atoms with van der Waals surface area (Å²) in [5.41, 5.74) is 4.50. The average molecular weight is 421 g/mol. The summed E-state index contributed by atoms with van der Waals surface area (Å²) in [5.74, 6) is -0.561. The summed E-state index contributed by atoms with van der Waals surface area (Å²) >= 11 is 0. The van der Waals surface area contributed by atoms with E-state index in [1.807, 2.05) is 31.2 Å². The van der Waals surface area contributed by atoms with Gasteiger partial charge in [-0.1, -0.05) is 24.3 Å². The van der Waals surface area contributed by atoms with Crippen molar-refractivity contribution in [2.75, 3.05) is 13.2 Å². The van der Waals surface area contributed by atoms with Gasteiger partial charge in [-0.3, -0.25) is 4.79 Å². The topological polar surface area (TPSA) is 82.5 Å². The minimum Gasteiger partial charge on any atom is -0.462 e. The van der Waals surface area contributed by atoms with Crippen LogP contribution in [0, 0.1) is 6.92 Å². The van der Waals surface area contributed by atoms with E-state index < -0.39 is 5.97 Å². The van der Waals surface area contributed by atoms with Crippen LogP contribution in [0.1, 0.15) is 51.4 Å². The molecule has 0 aliphatic carbocycles. The van der Waals surface area contributed by atoms with E-state index in [2.05, 4.69) is 10.4 Å². The van der Waals surface area contributed by atoms with Gasteiger partial charge < -0.3 is 14.8 Å². The molecule has 1 N–H and O–H groups in total. The van der Waals surface area contributed by atoms with Gasteiger partial charge in [0.2, 0.25) is 0 Å². The van der Waals surface area contributed by atoms with Crippen molar-refractivity contribution in [3.63, 3.8) is 0 Å². The van der Waals surface area contributed by atoms with E-state index in [0.717, 1.165) is 16.8 Å². The lowest BCUT2D eigenvalue weighted by atomic mass is 10.1. The Labute approximate surface area is 182 Å². The molecule has 7 heteroatoms. The van der Waals surface area contributed by atoms with E-state index in [9.17, 15) is 9.59 Å². The third-order valence-corrected chi connectivity index (χ3v) is 4.90. The molecule has 0 atom stereocenters. The summed E-state index contributed by atoms with van der Waals surface area (Å²) in [6, 6.07) is 15.0. The van der Waals surface area contributed by atoms with Crippen LogP contribution >= 0.6 is 0 Å². The first-order valence-corrected chi connectivity index (χ1v) is 10.3. The van der Waals surface area contributed by atoms with Crippen molar-refractivity contribution in [2.24, 2.45) is 0 Å². The maximum atomic E-state index is 12.6. The van der Waals surface area contributed by atoms with Gasteiger partial charge in [0.25, 0.3) is 5.91 Å². The number of amides is 1. The first kappa shape index (κ1) is 22.2. The molecule has 0 unspecified atom stereocenters. The second-order valence-electron chi connectivity index (χ2n) is 6.91. The maximum Gasteiger partial charge on any atom is 0.341 e. The molecule has 7 nitrogen and oxygen atoms in total. The summed E-state index contributed by atoms with van der Waals surface area (Å²) < 4.78 is 12.2. The summed E-state index contributed by atoms with van der Waals surface area (Å²) in [6.07, 6.45) is 1.49. The SMILES string of the molecule is CCOCc1ccccc1CNC(=O)c1ccc(-n2ncc(C(=O)OCC)c2C)cc1. The van der Waals surface area contributed by atoms with Crippen LogP contribution in [0.3, 0.4) is 0 Å². The van der Waals surface area contributed by atoms with Crippen molar-refractivity contribution >= 4 is 11.9 Å². The van der Waals surface area contributed by atoms with Crippen LogP contribution in [0.25, 0.3) is 5.69 Å². The smallest absolute Gasteiger partial charge is 0.341 e. The minimum absolute atomic E-state index is 0.165. The van der Waals surface area contributed by atoms with Crippen LogP contribution in [0.5, 0.6) is 0 Å². The van der Waals surface area contributed by atoms with Crippen molar-refractivity contribution in [2.45, 2.75) is 33.9 Å². The molecule has 0 fully saturated rings. The summed E-state index contributed by atoms with van der Waals surface area (Å²) in [6.45, 7) is 7.42. The standard InChI is InChI=1S/C24H27N3O4/c1-4-30-16-20-9-7-6-8-19(20)14-25-23(28)18-10-12-21(13-11-18)27-17(3)22(15-26-27)24(29)31-5-2/h6-13,15H,4-5,14,16H2,1-3H3,(H,25,28). The Morgan fingerprint density at radius 2 is 1.71 bits per heavy atom. The molecule has 0 radical (unpaired) electrons. The highest BCUT2D eigenvalue weighted by molar-refractivity contribution is 5.94. The first-order valence-electron chi connectivity index (χ1n) is 10.3. The first-order chi connectivity index (χ1) is 15.0. The average Bonchev–Trinajstić information content (AvgIpc) is 3.18. The monoisotopic (exact) mass is 421 g/mol. The molecule has 3 aromatic rings. The molecule has 0 aliphatic rings. The normalized spacial score (nSPS) is 10.7. The number of nitrogens with zero attached hydrogens (tertiary/aromatic N) is 2. The van der Waals surface area contributed by atoms with Gasteiger partial charge in [-0.15, -0.1) is 0 Å². The van der Waals surface area contributed by atoms with Gasteiger partial charge in [-0.2, -0.15) is 5.10 Å². The van der Waals surface area contributed by atoms with Gasteiger partial charge in [-0.25, -0.2) is 9.48 Å². The molecule has 162 valence electrons. The number of hydrogen-bond donors (Lipinski definition) is 1. The summed E-state index contributed by atoms with van der Waals surface area (Å²) in [7, 11) is 0. The zero-order valence-electron chi connectivity index (χ0n) is 18.1. The summed E-state index contributed by atoms with van der Waals surface area (Å²) in [5, 5.41) is 7.24. The Morgan fingerprint density at radius 3 is 2.39 bits per heavy atom. The second kappa shape index (κ2) is 10.5. The molecular weight excluding hydrogens is 394 g/mol. The molecule has 3 rings (SSSR count). The van der Waals surface area contributed by atoms with E-state index in [4.69, 9.17) is 9.47 Å². The Balaban J connectivity index is 1.67. The number of nitrogens with one attached hydrogen (secondary N) is 1. The lowest BCUT2D eigenvalue weighted by Gasteiger charge is -2.11. The van der Waals surface area contributed by atoms with Crippen LogP contribution in [-0.4, -0.2) is 34.9 Å². The fourth-order valence-electron chi connectivity index (χ4n) is 3.19.